The lowest BCUT2D eigenvalue weighted by Gasteiger charge is -2.28. The van der Waals surface area contributed by atoms with E-state index in [2.05, 4.69) is 26.3 Å². The number of anilines is 2. The largest absolute Gasteiger partial charge is 0.493 e. The molecule has 3 rings (SSSR count). The molecule has 8 nitrogen and oxygen atoms in total. The molecule has 2 aromatic rings. The van der Waals surface area contributed by atoms with E-state index in [1.54, 1.807) is 14.2 Å². The van der Waals surface area contributed by atoms with E-state index < -0.39 is 0 Å². The summed E-state index contributed by atoms with van der Waals surface area (Å²) in [5, 5.41) is 12.9. The SMILES string of the molecule is COc1ccc(CCNc2ncnc(N3CCOCC3)c2C#N)cc1OC. The van der Waals surface area contributed by atoms with Crippen LogP contribution in [0.3, 0.4) is 0 Å². The van der Waals surface area contributed by atoms with Gasteiger partial charge in [-0.05, 0) is 24.1 Å². The van der Waals surface area contributed by atoms with Crippen molar-refractivity contribution in [2.75, 3.05) is 57.3 Å². The standard InChI is InChI=1S/C19H23N5O3/c1-25-16-4-3-14(11-17(16)26-2)5-6-21-18-15(12-20)19(23-13-22-18)24-7-9-27-10-8-24/h3-4,11,13H,5-10H2,1-2H3,(H,21,22,23). The van der Waals surface area contributed by atoms with Gasteiger partial charge in [-0.3, -0.25) is 0 Å². The van der Waals surface area contributed by atoms with Gasteiger partial charge in [-0.25, -0.2) is 9.97 Å². The Morgan fingerprint density at radius 2 is 1.96 bits per heavy atom. The molecule has 1 aromatic carbocycles. The number of hydrogen-bond donors (Lipinski definition) is 1. The third-order valence-electron chi connectivity index (χ3n) is 4.40. The monoisotopic (exact) mass is 369 g/mol. The Balaban J connectivity index is 1.68. The lowest BCUT2D eigenvalue weighted by Crippen LogP contribution is -2.37. The molecule has 1 aliphatic rings. The van der Waals surface area contributed by atoms with E-state index >= 15 is 0 Å². The topological polar surface area (TPSA) is 92.5 Å². The van der Waals surface area contributed by atoms with Crippen molar-refractivity contribution >= 4 is 11.6 Å². The molecular weight excluding hydrogens is 346 g/mol. The van der Waals surface area contributed by atoms with Gasteiger partial charge in [-0.1, -0.05) is 6.07 Å². The van der Waals surface area contributed by atoms with E-state index in [0.717, 1.165) is 25.1 Å². The van der Waals surface area contributed by atoms with Gasteiger partial charge in [0.2, 0.25) is 0 Å². The molecule has 0 atom stereocenters. The Hall–Kier alpha value is -3.05. The van der Waals surface area contributed by atoms with E-state index in [4.69, 9.17) is 14.2 Å². The number of nitrogens with zero attached hydrogens (tertiary/aromatic N) is 4. The second kappa shape index (κ2) is 9.05. The molecule has 142 valence electrons. The predicted molar refractivity (Wildman–Crippen MR) is 102 cm³/mol. The zero-order chi connectivity index (χ0) is 19.1. The van der Waals surface area contributed by atoms with Crippen molar-refractivity contribution < 1.29 is 14.2 Å². The van der Waals surface area contributed by atoms with Crippen molar-refractivity contribution in [2.45, 2.75) is 6.42 Å². The molecule has 1 N–H and O–H groups in total. The zero-order valence-electron chi connectivity index (χ0n) is 15.6. The van der Waals surface area contributed by atoms with Crippen molar-refractivity contribution in [1.82, 2.24) is 9.97 Å². The van der Waals surface area contributed by atoms with Crippen molar-refractivity contribution in [1.29, 1.82) is 5.26 Å². The molecule has 1 saturated heterocycles. The van der Waals surface area contributed by atoms with Crippen LogP contribution in [0.15, 0.2) is 24.5 Å². The minimum atomic E-state index is 0.465. The summed E-state index contributed by atoms with van der Waals surface area (Å²) in [6.45, 7) is 3.34. The quantitative estimate of drug-likeness (QED) is 0.791. The highest BCUT2D eigenvalue weighted by Gasteiger charge is 2.19. The Labute approximate surface area is 158 Å². The highest BCUT2D eigenvalue weighted by atomic mass is 16.5. The summed E-state index contributed by atoms with van der Waals surface area (Å²) in [5.74, 6) is 2.61. The molecule has 8 heteroatoms. The van der Waals surface area contributed by atoms with E-state index in [1.165, 1.54) is 6.33 Å². The van der Waals surface area contributed by atoms with Crippen LogP contribution in [-0.2, 0) is 11.2 Å². The van der Waals surface area contributed by atoms with Crippen LogP contribution in [0.2, 0.25) is 0 Å². The normalized spacial score (nSPS) is 13.7. The minimum absolute atomic E-state index is 0.465. The highest BCUT2D eigenvalue weighted by Crippen LogP contribution is 2.28. The molecule has 2 heterocycles. The fourth-order valence-corrected chi connectivity index (χ4v) is 2.99. The van der Waals surface area contributed by atoms with E-state index in [-0.39, 0.29) is 0 Å². The maximum atomic E-state index is 9.61. The smallest absolute Gasteiger partial charge is 0.160 e. The summed E-state index contributed by atoms with van der Waals surface area (Å²) in [6, 6.07) is 8.06. The molecule has 1 aromatic heterocycles. The maximum absolute atomic E-state index is 9.61. The molecule has 0 radical (unpaired) electrons. The van der Waals surface area contributed by atoms with Gasteiger partial charge in [0.1, 0.15) is 23.8 Å². The number of morpholine rings is 1. The Bertz CT molecular complexity index is 815. The van der Waals surface area contributed by atoms with Crippen molar-refractivity contribution in [3.05, 3.63) is 35.7 Å². The lowest BCUT2D eigenvalue weighted by atomic mass is 10.1. The molecule has 1 fully saturated rings. The van der Waals surface area contributed by atoms with Crippen molar-refractivity contribution in [3.8, 4) is 17.6 Å². The van der Waals surface area contributed by atoms with Gasteiger partial charge in [0.25, 0.3) is 0 Å². The van der Waals surface area contributed by atoms with Crippen LogP contribution >= 0.6 is 0 Å². The molecule has 0 unspecified atom stereocenters. The minimum Gasteiger partial charge on any atom is -0.493 e. The number of ether oxygens (including phenoxy) is 3. The first-order valence-electron chi connectivity index (χ1n) is 8.79. The fourth-order valence-electron chi connectivity index (χ4n) is 2.99. The number of hydrogen-bond acceptors (Lipinski definition) is 8. The molecule has 0 saturated carbocycles. The summed E-state index contributed by atoms with van der Waals surface area (Å²) >= 11 is 0. The summed E-state index contributed by atoms with van der Waals surface area (Å²) < 4.78 is 16.0. The Morgan fingerprint density at radius 3 is 2.67 bits per heavy atom. The third kappa shape index (κ3) is 4.38. The van der Waals surface area contributed by atoms with Crippen LogP contribution in [0.4, 0.5) is 11.6 Å². The average Bonchev–Trinajstić information content (AvgIpc) is 2.74. The molecule has 0 amide bonds. The first kappa shape index (κ1) is 18.7. The number of rotatable bonds is 7. The third-order valence-corrected chi connectivity index (χ3v) is 4.40. The number of aromatic nitrogens is 2. The molecular formula is C19H23N5O3. The average molecular weight is 369 g/mol. The Kier molecular flexibility index (Phi) is 6.28. The summed E-state index contributed by atoms with van der Waals surface area (Å²) in [4.78, 5) is 10.6. The zero-order valence-corrected chi connectivity index (χ0v) is 15.6. The molecule has 27 heavy (non-hydrogen) atoms. The van der Waals surface area contributed by atoms with Gasteiger partial charge in [0.15, 0.2) is 17.3 Å². The van der Waals surface area contributed by atoms with Crippen LogP contribution in [-0.4, -0.2) is 57.0 Å². The van der Waals surface area contributed by atoms with Crippen LogP contribution in [0.1, 0.15) is 11.1 Å². The van der Waals surface area contributed by atoms with Gasteiger partial charge in [0, 0.05) is 19.6 Å². The van der Waals surface area contributed by atoms with Crippen LogP contribution < -0.4 is 19.7 Å². The van der Waals surface area contributed by atoms with E-state index in [1.807, 2.05) is 18.2 Å². The van der Waals surface area contributed by atoms with Gasteiger partial charge >= 0.3 is 0 Å². The van der Waals surface area contributed by atoms with Crippen LogP contribution in [0.5, 0.6) is 11.5 Å². The second-order valence-corrected chi connectivity index (χ2v) is 6.00. The first-order valence-corrected chi connectivity index (χ1v) is 8.79. The predicted octanol–water partition coefficient (Wildman–Crippen LogP) is 1.86. The van der Waals surface area contributed by atoms with Crippen LogP contribution in [0, 0.1) is 11.3 Å². The number of methoxy groups -OCH3 is 2. The number of nitriles is 1. The maximum Gasteiger partial charge on any atom is 0.160 e. The number of benzene rings is 1. The summed E-state index contributed by atoms with van der Waals surface area (Å²) in [5.41, 5.74) is 1.56. The van der Waals surface area contributed by atoms with Crippen molar-refractivity contribution in [3.63, 3.8) is 0 Å². The fraction of sp³-hybridized carbons (Fsp3) is 0.421. The van der Waals surface area contributed by atoms with Gasteiger partial charge in [-0.15, -0.1) is 0 Å². The molecule has 0 bridgehead atoms. The van der Waals surface area contributed by atoms with E-state index in [9.17, 15) is 5.26 Å². The van der Waals surface area contributed by atoms with Gasteiger partial charge in [0.05, 0.1) is 27.4 Å². The molecule has 1 aliphatic heterocycles. The first-order chi connectivity index (χ1) is 13.3. The van der Waals surface area contributed by atoms with Crippen LogP contribution in [0.25, 0.3) is 0 Å². The van der Waals surface area contributed by atoms with Gasteiger partial charge < -0.3 is 24.4 Å². The summed E-state index contributed by atoms with van der Waals surface area (Å²) in [7, 11) is 3.23. The highest BCUT2D eigenvalue weighted by molar-refractivity contribution is 5.65. The second-order valence-electron chi connectivity index (χ2n) is 6.00. The van der Waals surface area contributed by atoms with Gasteiger partial charge in [-0.2, -0.15) is 5.26 Å². The summed E-state index contributed by atoms with van der Waals surface area (Å²) in [6.07, 6.45) is 2.24. The number of nitrogens with one attached hydrogen (secondary N) is 1. The Morgan fingerprint density at radius 1 is 1.19 bits per heavy atom. The molecule has 0 spiro atoms. The van der Waals surface area contributed by atoms with E-state index in [0.29, 0.717) is 48.5 Å². The van der Waals surface area contributed by atoms with Crippen molar-refractivity contribution in [2.24, 2.45) is 0 Å². The lowest BCUT2D eigenvalue weighted by molar-refractivity contribution is 0.122. The molecule has 0 aliphatic carbocycles.